The van der Waals surface area contributed by atoms with Crippen LogP contribution in [0.1, 0.15) is 15.4 Å². The smallest absolute Gasteiger partial charge is 0.443 e. The van der Waals surface area contributed by atoms with Crippen molar-refractivity contribution in [2.75, 3.05) is 5.32 Å². The number of benzene rings is 2. The van der Waals surface area contributed by atoms with Crippen LogP contribution < -0.4 is 10.1 Å². The van der Waals surface area contributed by atoms with Crippen LogP contribution in [0.5, 0.6) is 10.8 Å². The summed E-state index contributed by atoms with van der Waals surface area (Å²) in [5.74, 6) is -0.409. The summed E-state index contributed by atoms with van der Waals surface area (Å²) in [6.45, 7) is 0. The predicted molar refractivity (Wildman–Crippen MR) is 114 cm³/mol. The van der Waals surface area contributed by atoms with Crippen LogP contribution in [-0.2, 0) is 6.18 Å². The fraction of sp³-hybridized carbons (Fsp3) is 0.0455. The van der Waals surface area contributed by atoms with E-state index in [0.717, 1.165) is 0 Å². The minimum Gasteiger partial charge on any atom is -0.478 e. The van der Waals surface area contributed by atoms with Crippen LogP contribution in [0.3, 0.4) is 0 Å². The molecule has 0 spiro atoms. The standard InChI is InChI=1S/C22H14F3N3O3S/c23-22(24,25)21-28-18(13-4-2-1-3-5-13)20(32-21)31-16-10-11-26-17(12-16)27-15-8-6-14(7-9-15)19(29)30/h1-12H,(H,26,27)(H,29,30). The average Bonchev–Trinajstić information content (AvgIpc) is 3.19. The van der Waals surface area contributed by atoms with Gasteiger partial charge in [0.1, 0.15) is 17.3 Å². The molecule has 0 bridgehead atoms. The molecule has 0 saturated carbocycles. The number of aromatic nitrogens is 2. The summed E-state index contributed by atoms with van der Waals surface area (Å²) in [5, 5.41) is 11.0. The number of pyridine rings is 1. The first-order valence-electron chi connectivity index (χ1n) is 9.17. The van der Waals surface area contributed by atoms with Gasteiger partial charge in [-0.25, -0.2) is 14.8 Å². The SMILES string of the molecule is O=C(O)c1ccc(Nc2cc(Oc3sc(C(F)(F)F)nc3-c3ccccc3)ccn2)cc1. The van der Waals surface area contributed by atoms with E-state index in [0.29, 0.717) is 28.4 Å². The second-order valence-corrected chi connectivity index (χ2v) is 7.47. The molecule has 4 aromatic rings. The number of hydrogen-bond acceptors (Lipinski definition) is 6. The maximum absolute atomic E-state index is 13.3. The lowest BCUT2D eigenvalue weighted by atomic mass is 10.2. The van der Waals surface area contributed by atoms with Crippen molar-refractivity contribution >= 4 is 28.8 Å². The first-order chi connectivity index (χ1) is 15.3. The second kappa shape index (κ2) is 8.67. The number of alkyl halides is 3. The molecule has 0 aliphatic heterocycles. The Kier molecular flexibility index (Phi) is 5.78. The van der Waals surface area contributed by atoms with Crippen LogP contribution in [0.4, 0.5) is 24.7 Å². The highest BCUT2D eigenvalue weighted by Crippen LogP contribution is 2.44. The van der Waals surface area contributed by atoms with Crippen molar-refractivity contribution in [1.82, 2.24) is 9.97 Å². The Morgan fingerprint density at radius 3 is 2.41 bits per heavy atom. The van der Waals surface area contributed by atoms with Crippen molar-refractivity contribution in [2.45, 2.75) is 6.18 Å². The van der Waals surface area contributed by atoms with E-state index in [2.05, 4.69) is 15.3 Å². The lowest BCUT2D eigenvalue weighted by Crippen LogP contribution is -2.03. The van der Waals surface area contributed by atoms with Crippen molar-refractivity contribution in [3.05, 3.63) is 83.5 Å². The Hall–Kier alpha value is -3.92. The van der Waals surface area contributed by atoms with Gasteiger partial charge < -0.3 is 15.2 Å². The summed E-state index contributed by atoms with van der Waals surface area (Å²) in [6, 6.07) is 17.5. The van der Waals surface area contributed by atoms with Gasteiger partial charge >= 0.3 is 12.1 Å². The van der Waals surface area contributed by atoms with Crippen LogP contribution in [0, 0.1) is 0 Å². The van der Waals surface area contributed by atoms with Gasteiger partial charge in [-0.05, 0) is 30.3 Å². The normalized spacial score (nSPS) is 11.2. The second-order valence-electron chi connectivity index (χ2n) is 6.51. The molecule has 0 aliphatic rings. The van der Waals surface area contributed by atoms with Crippen molar-refractivity contribution in [1.29, 1.82) is 0 Å². The molecular formula is C22H14F3N3O3S. The zero-order valence-corrected chi connectivity index (χ0v) is 16.9. The number of halogens is 3. The Morgan fingerprint density at radius 1 is 1.03 bits per heavy atom. The van der Waals surface area contributed by atoms with E-state index in [-0.39, 0.29) is 22.1 Å². The van der Waals surface area contributed by atoms with E-state index in [1.807, 2.05) is 0 Å². The van der Waals surface area contributed by atoms with Gasteiger partial charge in [0.05, 0.1) is 5.56 Å². The minimum absolute atomic E-state index is 0.00601. The zero-order chi connectivity index (χ0) is 22.7. The Morgan fingerprint density at radius 2 is 1.75 bits per heavy atom. The monoisotopic (exact) mass is 457 g/mol. The van der Waals surface area contributed by atoms with Crippen molar-refractivity contribution in [3.63, 3.8) is 0 Å². The highest BCUT2D eigenvalue weighted by Gasteiger charge is 2.37. The fourth-order valence-corrected chi connectivity index (χ4v) is 3.60. The lowest BCUT2D eigenvalue weighted by Gasteiger charge is -2.09. The summed E-state index contributed by atoms with van der Waals surface area (Å²) >= 11 is 0.415. The number of nitrogens with zero attached hydrogens (tertiary/aromatic N) is 2. The summed E-state index contributed by atoms with van der Waals surface area (Å²) in [7, 11) is 0. The van der Waals surface area contributed by atoms with Gasteiger partial charge in [-0.1, -0.05) is 41.7 Å². The number of carboxylic acid groups (broad SMARTS) is 1. The molecule has 2 heterocycles. The van der Waals surface area contributed by atoms with Gasteiger partial charge in [0, 0.05) is 23.5 Å². The number of carboxylic acids is 1. The largest absolute Gasteiger partial charge is 0.478 e. The van der Waals surface area contributed by atoms with Gasteiger partial charge in [-0.15, -0.1) is 0 Å². The number of carbonyl (C=O) groups is 1. The molecule has 10 heteroatoms. The molecule has 2 aromatic heterocycles. The first-order valence-corrected chi connectivity index (χ1v) is 9.99. The van der Waals surface area contributed by atoms with Crippen molar-refractivity contribution in [2.24, 2.45) is 0 Å². The Balaban J connectivity index is 1.60. The van der Waals surface area contributed by atoms with Crippen LogP contribution in [0.2, 0.25) is 0 Å². The molecule has 2 N–H and O–H groups in total. The highest BCUT2D eigenvalue weighted by atomic mass is 32.1. The third-order valence-corrected chi connectivity index (χ3v) is 5.21. The molecule has 0 saturated heterocycles. The minimum atomic E-state index is -4.59. The number of rotatable bonds is 6. The molecule has 6 nitrogen and oxygen atoms in total. The molecule has 0 aliphatic carbocycles. The highest BCUT2D eigenvalue weighted by molar-refractivity contribution is 7.14. The van der Waals surface area contributed by atoms with E-state index >= 15 is 0 Å². The summed E-state index contributed by atoms with van der Waals surface area (Å²) in [6.07, 6.45) is -3.15. The van der Waals surface area contributed by atoms with Gasteiger partial charge in [0.15, 0.2) is 0 Å². The molecule has 0 radical (unpaired) electrons. The molecule has 0 amide bonds. The number of nitrogens with one attached hydrogen (secondary N) is 1. The maximum atomic E-state index is 13.3. The lowest BCUT2D eigenvalue weighted by molar-refractivity contribution is -0.137. The number of aromatic carboxylic acids is 1. The van der Waals surface area contributed by atoms with Gasteiger partial charge in [0.2, 0.25) is 10.1 Å². The molecule has 0 atom stereocenters. The van der Waals surface area contributed by atoms with E-state index in [1.54, 1.807) is 42.5 Å². The molecular weight excluding hydrogens is 443 g/mol. The van der Waals surface area contributed by atoms with Gasteiger partial charge in [-0.2, -0.15) is 13.2 Å². The Bertz CT molecular complexity index is 1240. The van der Waals surface area contributed by atoms with E-state index in [4.69, 9.17) is 9.84 Å². The molecule has 0 fully saturated rings. The van der Waals surface area contributed by atoms with Crippen molar-refractivity contribution in [3.8, 4) is 22.1 Å². The maximum Gasteiger partial charge on any atom is 0.443 e. The number of thiazole rings is 1. The quantitative estimate of drug-likeness (QED) is 0.346. The van der Waals surface area contributed by atoms with Crippen LogP contribution in [0.15, 0.2) is 72.9 Å². The average molecular weight is 457 g/mol. The first kappa shape index (κ1) is 21.3. The van der Waals surface area contributed by atoms with Gasteiger partial charge in [-0.3, -0.25) is 0 Å². The molecule has 162 valence electrons. The topological polar surface area (TPSA) is 84.3 Å². The van der Waals surface area contributed by atoms with Crippen molar-refractivity contribution < 1.29 is 27.8 Å². The Labute approximate surface area is 184 Å². The van der Waals surface area contributed by atoms with Crippen LogP contribution in [0.25, 0.3) is 11.3 Å². The third kappa shape index (κ3) is 4.86. The van der Waals surface area contributed by atoms with Crippen LogP contribution >= 0.6 is 11.3 Å². The molecule has 0 unspecified atom stereocenters. The molecule has 32 heavy (non-hydrogen) atoms. The van der Waals surface area contributed by atoms with E-state index in [9.17, 15) is 18.0 Å². The zero-order valence-electron chi connectivity index (χ0n) is 16.1. The van der Waals surface area contributed by atoms with E-state index < -0.39 is 17.2 Å². The summed E-state index contributed by atoms with van der Waals surface area (Å²) in [4.78, 5) is 18.9. The number of hydrogen-bond donors (Lipinski definition) is 2. The molecule has 4 rings (SSSR count). The fourth-order valence-electron chi connectivity index (χ4n) is 2.77. The predicted octanol–water partition coefficient (Wildman–Crippen LogP) is 6.46. The molecule has 2 aromatic carbocycles. The summed E-state index contributed by atoms with van der Waals surface area (Å²) < 4.78 is 45.5. The van der Waals surface area contributed by atoms with Crippen LogP contribution in [-0.4, -0.2) is 21.0 Å². The van der Waals surface area contributed by atoms with E-state index in [1.165, 1.54) is 30.5 Å². The third-order valence-electron chi connectivity index (χ3n) is 4.23. The van der Waals surface area contributed by atoms with Gasteiger partial charge in [0.25, 0.3) is 0 Å². The number of anilines is 2. The summed E-state index contributed by atoms with van der Waals surface area (Å²) in [5.41, 5.74) is 1.32. The number of ether oxygens (including phenoxy) is 1.